The molecular weight excluding hydrogens is 250 g/mol. The largest absolute Gasteiger partial charge is 0.349 e. The summed E-state index contributed by atoms with van der Waals surface area (Å²) in [5.74, 6) is 1.27. The fourth-order valence-corrected chi connectivity index (χ4v) is 2.36. The van der Waals surface area contributed by atoms with E-state index in [0.29, 0.717) is 6.54 Å². The molecule has 4 nitrogen and oxygen atoms in total. The van der Waals surface area contributed by atoms with Crippen molar-refractivity contribution < 1.29 is 4.79 Å². The number of benzene rings is 1. The first-order chi connectivity index (χ1) is 9.65. The van der Waals surface area contributed by atoms with Gasteiger partial charge in [-0.2, -0.15) is 0 Å². The third-order valence-corrected chi connectivity index (χ3v) is 3.53. The Morgan fingerprint density at radius 1 is 1.45 bits per heavy atom. The molecule has 1 saturated carbocycles. The molecule has 0 radical (unpaired) electrons. The molecular formula is C16H19N3O. The number of imidazole rings is 1. The van der Waals surface area contributed by atoms with E-state index in [-0.39, 0.29) is 11.8 Å². The average molecular weight is 269 g/mol. The van der Waals surface area contributed by atoms with Crippen LogP contribution < -0.4 is 5.32 Å². The number of nitrogens with one attached hydrogen (secondary N) is 1. The predicted molar refractivity (Wildman–Crippen MR) is 79.1 cm³/mol. The van der Waals surface area contributed by atoms with Gasteiger partial charge in [0.15, 0.2) is 0 Å². The van der Waals surface area contributed by atoms with Crippen LogP contribution in [0.15, 0.2) is 36.4 Å². The van der Waals surface area contributed by atoms with Crippen LogP contribution in [0.2, 0.25) is 0 Å². The fourth-order valence-electron chi connectivity index (χ4n) is 2.36. The number of allylic oxidation sites excluding steroid dienone is 1. The van der Waals surface area contributed by atoms with Crippen molar-refractivity contribution in [2.45, 2.75) is 32.9 Å². The lowest BCUT2D eigenvalue weighted by Crippen LogP contribution is -2.26. The molecule has 1 aromatic carbocycles. The summed E-state index contributed by atoms with van der Waals surface area (Å²) in [6, 6.07) is 8.03. The normalized spacial score (nSPS) is 14.4. The number of carbonyl (C=O) groups is 1. The molecule has 1 aromatic heterocycles. The average Bonchev–Trinajstić information content (AvgIpc) is 3.21. The second kappa shape index (κ2) is 5.12. The SMILES string of the molecule is C=C(C)Cn1c(CNC(=O)C2CC2)nc2ccccc21. The van der Waals surface area contributed by atoms with Gasteiger partial charge in [-0.15, -0.1) is 0 Å². The predicted octanol–water partition coefficient (Wildman–Crippen LogP) is 2.64. The van der Waals surface area contributed by atoms with E-state index in [2.05, 4.69) is 27.5 Å². The topological polar surface area (TPSA) is 46.9 Å². The van der Waals surface area contributed by atoms with Crippen molar-refractivity contribution >= 4 is 16.9 Å². The Bertz CT molecular complexity index is 667. The van der Waals surface area contributed by atoms with Gasteiger partial charge in [-0.1, -0.05) is 24.3 Å². The summed E-state index contributed by atoms with van der Waals surface area (Å²) in [6.07, 6.45) is 2.04. The number of carbonyl (C=O) groups excluding carboxylic acids is 1. The first-order valence-electron chi connectivity index (χ1n) is 7.01. The van der Waals surface area contributed by atoms with Crippen LogP contribution >= 0.6 is 0 Å². The lowest BCUT2D eigenvalue weighted by Gasteiger charge is -2.09. The number of fused-ring (bicyclic) bond motifs is 1. The minimum Gasteiger partial charge on any atom is -0.349 e. The molecule has 3 rings (SSSR count). The highest BCUT2D eigenvalue weighted by Crippen LogP contribution is 2.28. The third-order valence-electron chi connectivity index (χ3n) is 3.53. The van der Waals surface area contributed by atoms with Gasteiger partial charge in [-0.3, -0.25) is 4.79 Å². The number of amides is 1. The summed E-state index contributed by atoms with van der Waals surface area (Å²) in [4.78, 5) is 16.4. The number of rotatable bonds is 5. The second-order valence-corrected chi connectivity index (χ2v) is 5.55. The quantitative estimate of drug-likeness (QED) is 0.848. The molecule has 1 fully saturated rings. The van der Waals surface area contributed by atoms with Crippen LogP contribution in [-0.2, 0) is 17.9 Å². The highest BCUT2D eigenvalue weighted by atomic mass is 16.2. The van der Waals surface area contributed by atoms with Crippen LogP contribution in [0.5, 0.6) is 0 Å². The van der Waals surface area contributed by atoms with Crippen molar-refractivity contribution in [1.82, 2.24) is 14.9 Å². The number of para-hydroxylation sites is 2. The Morgan fingerprint density at radius 2 is 2.20 bits per heavy atom. The first kappa shape index (κ1) is 12.9. The van der Waals surface area contributed by atoms with Crippen molar-refractivity contribution in [2.24, 2.45) is 5.92 Å². The highest BCUT2D eigenvalue weighted by Gasteiger charge is 2.29. The van der Waals surface area contributed by atoms with Gasteiger partial charge >= 0.3 is 0 Å². The Morgan fingerprint density at radius 3 is 2.90 bits per heavy atom. The van der Waals surface area contributed by atoms with Crippen LogP contribution in [0.1, 0.15) is 25.6 Å². The van der Waals surface area contributed by atoms with Gasteiger partial charge < -0.3 is 9.88 Å². The second-order valence-electron chi connectivity index (χ2n) is 5.55. The lowest BCUT2D eigenvalue weighted by molar-refractivity contribution is -0.122. The number of nitrogens with zero attached hydrogens (tertiary/aromatic N) is 2. The molecule has 1 aliphatic rings. The van der Waals surface area contributed by atoms with Crippen LogP contribution in [0.4, 0.5) is 0 Å². The Labute approximate surface area is 118 Å². The summed E-state index contributed by atoms with van der Waals surface area (Å²) in [6.45, 7) is 7.19. The van der Waals surface area contributed by atoms with Gasteiger partial charge in [0, 0.05) is 12.5 Å². The number of aromatic nitrogens is 2. The van der Waals surface area contributed by atoms with Crippen molar-refractivity contribution in [3.63, 3.8) is 0 Å². The number of hydrogen-bond acceptors (Lipinski definition) is 2. The third kappa shape index (κ3) is 2.59. The molecule has 1 aliphatic carbocycles. The zero-order valence-corrected chi connectivity index (χ0v) is 11.7. The van der Waals surface area contributed by atoms with Gasteiger partial charge in [0.1, 0.15) is 5.82 Å². The Hall–Kier alpha value is -2.10. The van der Waals surface area contributed by atoms with E-state index in [4.69, 9.17) is 0 Å². The summed E-state index contributed by atoms with van der Waals surface area (Å²) < 4.78 is 2.13. The maximum Gasteiger partial charge on any atom is 0.223 e. The van der Waals surface area contributed by atoms with Gasteiger partial charge in [0.05, 0.1) is 17.6 Å². The van der Waals surface area contributed by atoms with E-state index in [1.54, 1.807) is 0 Å². The van der Waals surface area contributed by atoms with E-state index in [1.807, 2.05) is 25.1 Å². The van der Waals surface area contributed by atoms with E-state index in [1.165, 1.54) is 0 Å². The minimum absolute atomic E-state index is 0.152. The maximum atomic E-state index is 11.8. The molecule has 0 saturated heterocycles. The zero-order valence-electron chi connectivity index (χ0n) is 11.7. The molecule has 0 unspecified atom stereocenters. The van der Waals surface area contributed by atoms with Gasteiger partial charge in [-0.05, 0) is 31.9 Å². The molecule has 1 amide bonds. The Balaban J connectivity index is 1.87. The molecule has 0 aliphatic heterocycles. The lowest BCUT2D eigenvalue weighted by atomic mass is 10.3. The summed E-state index contributed by atoms with van der Waals surface area (Å²) in [7, 11) is 0. The van der Waals surface area contributed by atoms with Crippen molar-refractivity contribution in [3.05, 3.63) is 42.2 Å². The van der Waals surface area contributed by atoms with E-state index < -0.39 is 0 Å². The molecule has 1 N–H and O–H groups in total. The molecule has 20 heavy (non-hydrogen) atoms. The summed E-state index contributed by atoms with van der Waals surface area (Å²) in [5, 5.41) is 2.98. The minimum atomic E-state index is 0.152. The molecule has 4 heteroatoms. The maximum absolute atomic E-state index is 11.8. The molecule has 0 bridgehead atoms. The van der Waals surface area contributed by atoms with Crippen molar-refractivity contribution in [1.29, 1.82) is 0 Å². The molecule has 1 heterocycles. The standard InChI is InChI=1S/C16H19N3O/c1-11(2)10-19-14-6-4-3-5-13(14)18-15(19)9-17-16(20)12-7-8-12/h3-6,12H,1,7-10H2,2H3,(H,17,20). The first-order valence-corrected chi connectivity index (χ1v) is 7.01. The fraction of sp³-hybridized carbons (Fsp3) is 0.375. The van der Waals surface area contributed by atoms with Gasteiger partial charge in [0.25, 0.3) is 0 Å². The monoisotopic (exact) mass is 269 g/mol. The highest BCUT2D eigenvalue weighted by molar-refractivity contribution is 5.81. The van der Waals surface area contributed by atoms with Crippen molar-refractivity contribution in [3.8, 4) is 0 Å². The van der Waals surface area contributed by atoms with E-state index in [9.17, 15) is 4.79 Å². The summed E-state index contributed by atoms with van der Waals surface area (Å²) in [5.41, 5.74) is 3.12. The molecule has 104 valence electrons. The van der Waals surface area contributed by atoms with E-state index >= 15 is 0 Å². The molecule has 2 aromatic rings. The van der Waals surface area contributed by atoms with Crippen LogP contribution in [0.25, 0.3) is 11.0 Å². The summed E-state index contributed by atoms with van der Waals surface area (Å²) >= 11 is 0. The van der Waals surface area contributed by atoms with Crippen molar-refractivity contribution in [2.75, 3.05) is 0 Å². The van der Waals surface area contributed by atoms with Crippen LogP contribution in [0.3, 0.4) is 0 Å². The van der Waals surface area contributed by atoms with Gasteiger partial charge in [0.2, 0.25) is 5.91 Å². The van der Waals surface area contributed by atoms with Crippen LogP contribution in [-0.4, -0.2) is 15.5 Å². The molecule has 0 spiro atoms. The van der Waals surface area contributed by atoms with Crippen LogP contribution in [0, 0.1) is 5.92 Å². The smallest absolute Gasteiger partial charge is 0.223 e. The Kier molecular flexibility index (Phi) is 3.30. The van der Waals surface area contributed by atoms with E-state index in [0.717, 1.165) is 41.8 Å². The molecule has 0 atom stereocenters. The number of hydrogen-bond donors (Lipinski definition) is 1. The zero-order chi connectivity index (χ0) is 14.1. The van der Waals surface area contributed by atoms with Gasteiger partial charge in [-0.25, -0.2) is 4.98 Å².